The van der Waals surface area contributed by atoms with E-state index in [1.165, 1.54) is 23.6 Å². The van der Waals surface area contributed by atoms with Crippen LogP contribution in [0.4, 0.5) is 5.69 Å². The number of sulfonamides is 1. The molecule has 0 aliphatic rings. The number of pyridine rings is 1. The fraction of sp³-hybridized carbons (Fsp3) is 0.158. The van der Waals surface area contributed by atoms with E-state index in [0.29, 0.717) is 17.1 Å². The SMILES string of the molecule is COc1cccc(-c2c[nH]c3ncc(C)c(N(C)S(=O)(=O)c4ccn[nH]4)c23)c1. The van der Waals surface area contributed by atoms with Crippen LogP contribution in [0.25, 0.3) is 22.2 Å². The summed E-state index contributed by atoms with van der Waals surface area (Å²) in [7, 11) is -0.668. The number of nitrogens with one attached hydrogen (secondary N) is 2. The van der Waals surface area contributed by atoms with E-state index in [9.17, 15) is 8.42 Å². The number of H-pyrrole nitrogens is 2. The van der Waals surface area contributed by atoms with Crippen LogP contribution in [0.3, 0.4) is 0 Å². The Morgan fingerprint density at radius 2 is 2.04 bits per heavy atom. The molecule has 9 heteroatoms. The van der Waals surface area contributed by atoms with E-state index in [1.807, 2.05) is 37.4 Å². The lowest BCUT2D eigenvalue weighted by Crippen LogP contribution is -2.28. The summed E-state index contributed by atoms with van der Waals surface area (Å²) in [5, 5.41) is 7.04. The van der Waals surface area contributed by atoms with Gasteiger partial charge in [0, 0.05) is 25.0 Å². The molecule has 144 valence electrons. The highest BCUT2D eigenvalue weighted by atomic mass is 32.2. The van der Waals surface area contributed by atoms with Gasteiger partial charge >= 0.3 is 0 Å². The quantitative estimate of drug-likeness (QED) is 0.538. The van der Waals surface area contributed by atoms with Crippen LogP contribution in [-0.2, 0) is 10.0 Å². The van der Waals surface area contributed by atoms with Gasteiger partial charge in [0.15, 0.2) is 5.03 Å². The lowest BCUT2D eigenvalue weighted by atomic mass is 10.0. The van der Waals surface area contributed by atoms with E-state index in [2.05, 4.69) is 20.2 Å². The molecule has 0 radical (unpaired) electrons. The van der Waals surface area contributed by atoms with Gasteiger partial charge in [-0.05, 0) is 36.2 Å². The van der Waals surface area contributed by atoms with Crippen molar-refractivity contribution in [2.75, 3.05) is 18.5 Å². The summed E-state index contributed by atoms with van der Waals surface area (Å²) in [5.74, 6) is 0.715. The van der Waals surface area contributed by atoms with Crippen molar-refractivity contribution in [1.82, 2.24) is 20.2 Å². The van der Waals surface area contributed by atoms with Crippen molar-refractivity contribution < 1.29 is 13.2 Å². The highest BCUT2D eigenvalue weighted by molar-refractivity contribution is 7.92. The molecular weight excluding hydrogens is 378 g/mol. The number of hydrogen-bond donors (Lipinski definition) is 2. The van der Waals surface area contributed by atoms with Gasteiger partial charge in [-0.1, -0.05) is 12.1 Å². The van der Waals surface area contributed by atoms with E-state index >= 15 is 0 Å². The summed E-state index contributed by atoms with van der Waals surface area (Å²) in [5.41, 5.74) is 3.63. The van der Waals surface area contributed by atoms with Gasteiger partial charge in [0.1, 0.15) is 11.4 Å². The number of hydrogen-bond acceptors (Lipinski definition) is 5. The van der Waals surface area contributed by atoms with Crippen molar-refractivity contribution in [2.45, 2.75) is 11.9 Å². The van der Waals surface area contributed by atoms with E-state index in [4.69, 9.17) is 4.74 Å². The smallest absolute Gasteiger partial charge is 0.281 e. The molecule has 0 fully saturated rings. The average molecular weight is 397 g/mol. The van der Waals surface area contributed by atoms with E-state index in [1.54, 1.807) is 13.3 Å². The first-order valence-electron chi connectivity index (χ1n) is 8.53. The van der Waals surface area contributed by atoms with Crippen molar-refractivity contribution >= 4 is 26.7 Å². The Morgan fingerprint density at radius 1 is 1.21 bits per heavy atom. The number of anilines is 1. The second kappa shape index (κ2) is 6.68. The van der Waals surface area contributed by atoms with Crippen LogP contribution in [0.5, 0.6) is 5.75 Å². The largest absolute Gasteiger partial charge is 0.497 e. The third-order valence-electron chi connectivity index (χ3n) is 4.67. The van der Waals surface area contributed by atoms with Crippen LogP contribution in [0.2, 0.25) is 0 Å². The predicted octanol–water partition coefficient (Wildman–Crippen LogP) is 3.10. The Bertz CT molecular complexity index is 1250. The van der Waals surface area contributed by atoms with Gasteiger partial charge in [0.2, 0.25) is 0 Å². The van der Waals surface area contributed by atoms with Crippen molar-refractivity contribution in [3.63, 3.8) is 0 Å². The molecule has 0 atom stereocenters. The van der Waals surface area contributed by atoms with Crippen LogP contribution in [-0.4, -0.2) is 42.7 Å². The van der Waals surface area contributed by atoms with Gasteiger partial charge in [-0.2, -0.15) is 13.5 Å². The van der Waals surface area contributed by atoms with E-state index in [-0.39, 0.29) is 5.03 Å². The maximum atomic E-state index is 13.1. The lowest BCUT2D eigenvalue weighted by molar-refractivity contribution is 0.415. The molecule has 2 N–H and O–H groups in total. The summed E-state index contributed by atoms with van der Waals surface area (Å²) >= 11 is 0. The summed E-state index contributed by atoms with van der Waals surface area (Å²) in [4.78, 5) is 7.57. The molecule has 3 aromatic heterocycles. The number of rotatable bonds is 5. The Labute approximate surface area is 162 Å². The molecule has 3 heterocycles. The molecule has 8 nitrogen and oxygen atoms in total. The lowest BCUT2D eigenvalue weighted by Gasteiger charge is -2.22. The Hall–Kier alpha value is -3.33. The molecular formula is C19H19N5O3S. The van der Waals surface area contributed by atoms with Crippen molar-refractivity contribution in [3.05, 3.63) is 54.5 Å². The summed E-state index contributed by atoms with van der Waals surface area (Å²) in [6, 6.07) is 9.02. The van der Waals surface area contributed by atoms with Crippen LogP contribution in [0.15, 0.2) is 53.9 Å². The first-order chi connectivity index (χ1) is 13.4. The predicted molar refractivity (Wildman–Crippen MR) is 107 cm³/mol. The number of aryl methyl sites for hydroxylation is 1. The fourth-order valence-electron chi connectivity index (χ4n) is 3.25. The highest BCUT2D eigenvalue weighted by Crippen LogP contribution is 2.39. The molecule has 28 heavy (non-hydrogen) atoms. The van der Waals surface area contributed by atoms with E-state index < -0.39 is 10.0 Å². The minimum Gasteiger partial charge on any atom is -0.497 e. The van der Waals surface area contributed by atoms with Crippen LogP contribution in [0.1, 0.15) is 5.56 Å². The average Bonchev–Trinajstić information content (AvgIpc) is 3.38. The first kappa shape index (κ1) is 18.1. The second-order valence-corrected chi connectivity index (χ2v) is 8.28. The van der Waals surface area contributed by atoms with Crippen LogP contribution < -0.4 is 9.04 Å². The minimum absolute atomic E-state index is 0.0258. The standard InChI is InChI=1S/C19H19N5O3S/c1-12-10-20-19-17(15(11-21-19)13-5-4-6-14(9-13)27-3)18(12)24(2)28(25,26)16-7-8-22-23-16/h4-11H,1-3H3,(H,20,21)(H,22,23). The van der Waals surface area contributed by atoms with Gasteiger partial charge in [0.05, 0.1) is 24.4 Å². The molecule has 0 spiro atoms. The number of methoxy groups -OCH3 is 1. The molecule has 1 aromatic carbocycles. The van der Waals surface area contributed by atoms with Crippen molar-refractivity contribution in [3.8, 4) is 16.9 Å². The van der Waals surface area contributed by atoms with Gasteiger partial charge in [-0.15, -0.1) is 0 Å². The monoisotopic (exact) mass is 397 g/mol. The second-order valence-electron chi connectivity index (χ2n) is 6.34. The summed E-state index contributed by atoms with van der Waals surface area (Å²) < 4.78 is 32.7. The number of benzene rings is 1. The van der Waals surface area contributed by atoms with Gasteiger partial charge < -0.3 is 9.72 Å². The minimum atomic E-state index is -3.80. The third-order valence-corrected chi connectivity index (χ3v) is 6.35. The van der Waals surface area contributed by atoms with Crippen molar-refractivity contribution in [2.24, 2.45) is 0 Å². The normalized spacial score (nSPS) is 11.7. The highest BCUT2D eigenvalue weighted by Gasteiger charge is 2.27. The Balaban J connectivity index is 1.96. The molecule has 0 aliphatic heterocycles. The first-order valence-corrected chi connectivity index (χ1v) is 9.97. The molecule has 0 saturated heterocycles. The number of ether oxygens (including phenoxy) is 1. The maximum absolute atomic E-state index is 13.1. The van der Waals surface area contributed by atoms with Gasteiger partial charge in [-0.25, -0.2) is 4.98 Å². The Kier molecular flexibility index (Phi) is 4.31. The molecule has 4 rings (SSSR count). The summed E-state index contributed by atoms with van der Waals surface area (Å²) in [6.07, 6.45) is 4.89. The molecule has 0 bridgehead atoms. The molecule has 0 unspecified atom stereocenters. The molecule has 0 amide bonds. The van der Waals surface area contributed by atoms with Crippen LogP contribution >= 0.6 is 0 Å². The topological polar surface area (TPSA) is 104 Å². The fourth-order valence-corrected chi connectivity index (χ4v) is 4.42. The molecule has 4 aromatic rings. The molecule has 0 aliphatic carbocycles. The zero-order valence-corrected chi connectivity index (χ0v) is 16.4. The zero-order chi connectivity index (χ0) is 19.9. The van der Waals surface area contributed by atoms with Crippen molar-refractivity contribution in [1.29, 1.82) is 0 Å². The summed E-state index contributed by atoms with van der Waals surface area (Å²) in [6.45, 7) is 1.84. The number of aromatic amines is 2. The number of fused-ring (bicyclic) bond motifs is 1. The third kappa shape index (κ3) is 2.80. The van der Waals surface area contributed by atoms with E-state index in [0.717, 1.165) is 22.1 Å². The number of aromatic nitrogens is 4. The maximum Gasteiger partial charge on any atom is 0.281 e. The van der Waals surface area contributed by atoms with Gasteiger partial charge in [-0.3, -0.25) is 9.40 Å². The van der Waals surface area contributed by atoms with Gasteiger partial charge in [0.25, 0.3) is 10.0 Å². The Morgan fingerprint density at radius 3 is 2.75 bits per heavy atom. The van der Waals surface area contributed by atoms with Crippen LogP contribution in [0, 0.1) is 6.92 Å². The molecule has 0 saturated carbocycles. The zero-order valence-electron chi connectivity index (χ0n) is 15.6. The number of nitrogens with zero attached hydrogens (tertiary/aromatic N) is 3.